The van der Waals surface area contributed by atoms with Gasteiger partial charge in [-0.25, -0.2) is 13.9 Å². The minimum Gasteiger partial charge on any atom is -0.494 e. The lowest BCUT2D eigenvalue weighted by molar-refractivity contribution is -0.116. The monoisotopic (exact) mass is 424 g/mol. The molecule has 0 unspecified atom stereocenters. The van der Waals surface area contributed by atoms with E-state index < -0.39 is 5.82 Å². The topological polar surface area (TPSA) is 76.8 Å². The van der Waals surface area contributed by atoms with Crippen LogP contribution in [0.15, 0.2) is 48.1 Å². The molecule has 9 heteroatoms. The zero-order chi connectivity index (χ0) is 21.4. The molecule has 3 heterocycles. The summed E-state index contributed by atoms with van der Waals surface area (Å²) in [5, 5.41) is 6.14. The van der Waals surface area contributed by atoms with Gasteiger partial charge in [0.1, 0.15) is 5.82 Å². The summed E-state index contributed by atoms with van der Waals surface area (Å²) in [4.78, 5) is 30.9. The molecule has 1 aromatic carbocycles. The predicted octanol–water partition coefficient (Wildman–Crippen LogP) is 3.82. The Hall–Kier alpha value is -3.59. The highest BCUT2D eigenvalue weighted by molar-refractivity contribution is 7.12. The third kappa shape index (κ3) is 3.22. The average Bonchev–Trinajstić information content (AvgIpc) is 3.41. The van der Waals surface area contributed by atoms with Crippen molar-refractivity contribution in [2.75, 3.05) is 19.1 Å². The highest BCUT2D eigenvalue weighted by Crippen LogP contribution is 2.39. The van der Waals surface area contributed by atoms with E-state index in [0.717, 1.165) is 0 Å². The number of hydrogen-bond acceptors (Lipinski definition) is 6. The van der Waals surface area contributed by atoms with Crippen molar-refractivity contribution >= 4 is 34.4 Å². The number of ether oxygens (including phenoxy) is 1. The molecule has 0 atom stereocenters. The number of aromatic nitrogens is 3. The van der Waals surface area contributed by atoms with E-state index in [1.54, 1.807) is 18.2 Å². The number of fused-ring (bicyclic) bond motifs is 1. The number of halogens is 1. The van der Waals surface area contributed by atoms with Crippen LogP contribution < -0.4 is 9.64 Å². The lowest BCUT2D eigenvalue weighted by Gasteiger charge is -2.21. The Morgan fingerprint density at radius 3 is 2.73 bits per heavy atom. The molecule has 0 spiro atoms. The first-order chi connectivity index (χ1) is 14.4. The molecule has 7 nitrogen and oxygen atoms in total. The van der Waals surface area contributed by atoms with Gasteiger partial charge >= 0.3 is 0 Å². The first kappa shape index (κ1) is 19.7. The number of anilines is 1. The number of carbonyl (C=O) groups is 2. The number of rotatable bonds is 5. The summed E-state index contributed by atoms with van der Waals surface area (Å²) in [6.07, 6.45) is 2.97. The van der Waals surface area contributed by atoms with E-state index >= 15 is 0 Å². The first-order valence-electron chi connectivity index (χ1n) is 8.95. The Bertz CT molecular complexity index is 1270. The zero-order valence-corrected chi connectivity index (χ0v) is 17.2. The average molecular weight is 424 g/mol. The number of ketones is 1. The Labute approximate surface area is 175 Å². The Morgan fingerprint density at radius 2 is 2.07 bits per heavy atom. The molecule has 152 valence electrons. The molecular weight excluding hydrogens is 407 g/mol. The van der Waals surface area contributed by atoms with E-state index in [1.165, 1.54) is 66.4 Å². The number of methoxy groups -OCH3 is 1. The summed E-state index contributed by atoms with van der Waals surface area (Å²) in [6.45, 7) is 1.38. The molecule has 0 aliphatic heterocycles. The molecule has 0 bridgehead atoms. The van der Waals surface area contributed by atoms with Crippen LogP contribution in [0.25, 0.3) is 16.9 Å². The van der Waals surface area contributed by atoms with Gasteiger partial charge in [-0.15, -0.1) is 11.3 Å². The highest BCUT2D eigenvalue weighted by Gasteiger charge is 2.23. The third-order valence-corrected chi connectivity index (χ3v) is 5.61. The van der Waals surface area contributed by atoms with Gasteiger partial charge in [-0.1, -0.05) is 6.07 Å². The van der Waals surface area contributed by atoms with Crippen LogP contribution in [0.4, 0.5) is 10.1 Å². The molecule has 1 amide bonds. The van der Waals surface area contributed by atoms with Gasteiger partial charge in [0.2, 0.25) is 11.7 Å². The molecule has 0 radical (unpaired) electrons. The van der Waals surface area contributed by atoms with E-state index in [0.29, 0.717) is 33.1 Å². The summed E-state index contributed by atoms with van der Waals surface area (Å²) < 4.78 is 21.5. The molecule has 0 aliphatic rings. The van der Waals surface area contributed by atoms with Gasteiger partial charge in [-0.05, 0) is 23.6 Å². The smallest absolute Gasteiger partial charge is 0.223 e. The van der Waals surface area contributed by atoms with Crippen LogP contribution in [0.3, 0.4) is 0 Å². The fourth-order valence-electron chi connectivity index (χ4n) is 3.20. The van der Waals surface area contributed by atoms with Crippen molar-refractivity contribution in [2.45, 2.75) is 6.92 Å². The number of hydrogen-bond donors (Lipinski definition) is 0. The summed E-state index contributed by atoms with van der Waals surface area (Å²) >= 11 is 1.33. The number of amides is 1. The summed E-state index contributed by atoms with van der Waals surface area (Å²) in [5.74, 6) is -0.690. The number of thiophene rings is 1. The van der Waals surface area contributed by atoms with E-state index in [9.17, 15) is 14.0 Å². The van der Waals surface area contributed by atoms with Gasteiger partial charge in [0, 0.05) is 31.8 Å². The lowest BCUT2D eigenvalue weighted by atomic mass is 10.1. The van der Waals surface area contributed by atoms with Gasteiger partial charge in [0.05, 0.1) is 35.1 Å². The van der Waals surface area contributed by atoms with Crippen molar-refractivity contribution in [2.24, 2.45) is 0 Å². The summed E-state index contributed by atoms with van der Waals surface area (Å²) in [7, 11) is 2.98. The SMILES string of the molecule is COc1c(-c2ccnc3c(C(=O)c4cccs4)cnn23)cc(F)cc1N(C)C(C)=O. The van der Waals surface area contributed by atoms with Gasteiger partial charge in [0.25, 0.3) is 0 Å². The molecule has 0 fully saturated rings. The largest absolute Gasteiger partial charge is 0.494 e. The molecule has 4 rings (SSSR count). The van der Waals surface area contributed by atoms with E-state index in [4.69, 9.17) is 4.74 Å². The molecule has 4 aromatic rings. The summed E-state index contributed by atoms with van der Waals surface area (Å²) in [6, 6.07) is 7.71. The van der Waals surface area contributed by atoms with Crippen LogP contribution in [0.2, 0.25) is 0 Å². The second-order valence-corrected chi connectivity index (χ2v) is 7.46. The quantitative estimate of drug-likeness (QED) is 0.455. The number of carbonyl (C=O) groups excluding carboxylic acids is 2. The van der Waals surface area contributed by atoms with Crippen LogP contribution in [0, 0.1) is 5.82 Å². The van der Waals surface area contributed by atoms with E-state index in [2.05, 4.69) is 10.1 Å². The molecule has 0 N–H and O–H groups in total. The molecular formula is C21H17FN4O3S. The van der Waals surface area contributed by atoms with E-state index in [-0.39, 0.29) is 17.4 Å². The Morgan fingerprint density at radius 1 is 1.27 bits per heavy atom. The molecule has 0 aliphatic carbocycles. The van der Waals surface area contributed by atoms with Crippen LogP contribution in [0.1, 0.15) is 22.2 Å². The Balaban J connectivity index is 1.93. The van der Waals surface area contributed by atoms with Crippen molar-refractivity contribution in [1.29, 1.82) is 0 Å². The first-order valence-corrected chi connectivity index (χ1v) is 9.83. The van der Waals surface area contributed by atoms with Crippen LogP contribution in [0.5, 0.6) is 5.75 Å². The van der Waals surface area contributed by atoms with Crippen molar-refractivity contribution < 1.29 is 18.7 Å². The van der Waals surface area contributed by atoms with E-state index in [1.807, 2.05) is 5.38 Å². The van der Waals surface area contributed by atoms with Crippen molar-refractivity contribution in [3.8, 4) is 17.0 Å². The fourth-order valence-corrected chi connectivity index (χ4v) is 3.88. The molecule has 3 aromatic heterocycles. The standard InChI is InChI=1S/C21H17FN4O3S/c1-12(27)25(2)17-10-13(22)9-14(20(17)29-3)16-6-7-23-21-15(11-24-26(16)21)19(28)18-5-4-8-30-18/h4-11H,1-3H3. The third-order valence-electron chi connectivity index (χ3n) is 4.74. The number of nitrogens with zero attached hydrogens (tertiary/aromatic N) is 4. The summed E-state index contributed by atoms with van der Waals surface area (Å²) in [5.41, 5.74) is 1.83. The van der Waals surface area contributed by atoms with Crippen molar-refractivity contribution in [1.82, 2.24) is 14.6 Å². The van der Waals surface area contributed by atoms with Crippen molar-refractivity contribution in [3.05, 3.63) is 64.4 Å². The van der Waals surface area contributed by atoms with Crippen LogP contribution >= 0.6 is 11.3 Å². The second kappa shape index (κ2) is 7.68. The maximum absolute atomic E-state index is 14.5. The molecule has 0 saturated carbocycles. The molecule has 30 heavy (non-hydrogen) atoms. The Kier molecular flexibility index (Phi) is 5.04. The lowest BCUT2D eigenvalue weighted by Crippen LogP contribution is -2.23. The van der Waals surface area contributed by atoms with Crippen LogP contribution in [-0.2, 0) is 4.79 Å². The maximum atomic E-state index is 14.5. The molecule has 0 saturated heterocycles. The van der Waals surface area contributed by atoms with Crippen molar-refractivity contribution in [3.63, 3.8) is 0 Å². The normalized spacial score (nSPS) is 10.9. The predicted molar refractivity (Wildman–Crippen MR) is 112 cm³/mol. The van der Waals surface area contributed by atoms with Gasteiger partial charge in [0.15, 0.2) is 11.4 Å². The number of benzene rings is 1. The van der Waals surface area contributed by atoms with Crippen LogP contribution in [-0.4, -0.2) is 40.4 Å². The van der Waals surface area contributed by atoms with Gasteiger partial charge < -0.3 is 9.64 Å². The maximum Gasteiger partial charge on any atom is 0.223 e. The second-order valence-electron chi connectivity index (χ2n) is 6.51. The van der Waals surface area contributed by atoms with Gasteiger partial charge in [-0.2, -0.15) is 5.10 Å². The zero-order valence-electron chi connectivity index (χ0n) is 16.4. The minimum absolute atomic E-state index is 0.187. The highest BCUT2D eigenvalue weighted by atomic mass is 32.1. The minimum atomic E-state index is -0.541. The fraction of sp³-hybridized carbons (Fsp3) is 0.143. The van der Waals surface area contributed by atoms with Gasteiger partial charge in [-0.3, -0.25) is 9.59 Å².